The van der Waals surface area contributed by atoms with Crippen LogP contribution in [0.4, 0.5) is 4.79 Å². The van der Waals surface area contributed by atoms with Gasteiger partial charge in [0.1, 0.15) is 35.5 Å². The van der Waals surface area contributed by atoms with Crippen LogP contribution in [0.1, 0.15) is 25.2 Å². The maximum absolute atomic E-state index is 13.0. The number of rotatable bonds is 8. The van der Waals surface area contributed by atoms with Gasteiger partial charge in [-0.1, -0.05) is 62.4 Å². The first-order chi connectivity index (χ1) is 17.8. The van der Waals surface area contributed by atoms with E-state index < -0.39 is 18.1 Å². The minimum absolute atomic E-state index is 0.0750. The molecule has 0 radical (unpaired) electrons. The fourth-order valence-corrected chi connectivity index (χ4v) is 3.63. The zero-order chi connectivity index (χ0) is 26.4. The molecule has 37 heavy (non-hydrogen) atoms. The highest BCUT2D eigenvalue weighted by Gasteiger charge is 2.27. The van der Waals surface area contributed by atoms with Gasteiger partial charge in [0.15, 0.2) is 0 Å². The lowest BCUT2D eigenvalue weighted by Gasteiger charge is -2.20. The number of carbonyl (C=O) groups is 2. The number of aryl methyl sites for hydroxylation is 1. The second-order valence-corrected chi connectivity index (χ2v) is 8.74. The van der Waals surface area contributed by atoms with Crippen LogP contribution in [0.3, 0.4) is 0 Å². The smallest absolute Gasteiger partial charge is 0.408 e. The van der Waals surface area contributed by atoms with Gasteiger partial charge in [-0.25, -0.2) is 9.59 Å². The minimum atomic E-state index is -0.950. The van der Waals surface area contributed by atoms with Gasteiger partial charge in [-0.15, -0.1) is 0 Å². The number of ether oxygens (including phenoxy) is 3. The Hall–Kier alpha value is -4.59. The van der Waals surface area contributed by atoms with Gasteiger partial charge in [-0.2, -0.15) is 0 Å². The number of para-hydroxylation sites is 1. The van der Waals surface area contributed by atoms with Gasteiger partial charge < -0.3 is 23.9 Å². The molecule has 1 amide bonds. The highest BCUT2D eigenvalue weighted by Crippen LogP contribution is 2.27. The predicted molar refractivity (Wildman–Crippen MR) is 138 cm³/mol. The summed E-state index contributed by atoms with van der Waals surface area (Å²) in [5.41, 5.74) is 0.722. The third-order valence-corrected chi connectivity index (χ3v) is 5.58. The van der Waals surface area contributed by atoms with Gasteiger partial charge in [0, 0.05) is 6.07 Å². The van der Waals surface area contributed by atoms with Crippen molar-refractivity contribution >= 4 is 23.0 Å². The maximum atomic E-state index is 13.0. The second-order valence-electron chi connectivity index (χ2n) is 8.74. The Labute approximate surface area is 213 Å². The molecule has 0 aliphatic rings. The third kappa shape index (κ3) is 6.35. The number of fused-ring (bicyclic) bond motifs is 1. The molecule has 4 rings (SSSR count). The molecule has 190 valence electrons. The van der Waals surface area contributed by atoms with Gasteiger partial charge in [-0.3, -0.25) is 4.79 Å². The van der Waals surface area contributed by atoms with Crippen LogP contribution in [0.25, 0.3) is 11.0 Å². The molecule has 0 fully saturated rings. The average Bonchev–Trinajstić information content (AvgIpc) is 2.89. The van der Waals surface area contributed by atoms with Crippen molar-refractivity contribution in [2.75, 3.05) is 0 Å². The Morgan fingerprint density at radius 1 is 0.919 bits per heavy atom. The highest BCUT2D eigenvalue weighted by atomic mass is 16.6. The molecule has 1 atom stereocenters. The summed E-state index contributed by atoms with van der Waals surface area (Å²) in [7, 11) is 0. The third-order valence-electron chi connectivity index (χ3n) is 5.58. The summed E-state index contributed by atoms with van der Waals surface area (Å²) in [5, 5.41) is 2.84. The maximum Gasteiger partial charge on any atom is 0.408 e. The fourth-order valence-electron chi connectivity index (χ4n) is 3.63. The number of esters is 1. The largest absolute Gasteiger partial charge is 0.457 e. The van der Waals surface area contributed by atoms with Crippen LogP contribution in [-0.2, 0) is 16.1 Å². The highest BCUT2D eigenvalue weighted by molar-refractivity contribution is 5.85. The quantitative estimate of drug-likeness (QED) is 0.242. The van der Waals surface area contributed by atoms with Crippen molar-refractivity contribution in [1.29, 1.82) is 0 Å². The zero-order valence-electron chi connectivity index (χ0n) is 20.7. The molecule has 0 aliphatic carbocycles. The number of amides is 1. The summed E-state index contributed by atoms with van der Waals surface area (Å²) in [4.78, 5) is 38.2. The standard InChI is InChI=1S/C29H27NO7/c1-18(2)25(30-29(33)34-17-20-10-6-4-7-11-20)28(32)37-22-14-15-23-24(16-22)35-19(3)27(26(23)31)36-21-12-8-5-9-13-21/h4-16,18,25H,17H2,1-3H3,(H,30,33). The average molecular weight is 502 g/mol. The molecule has 0 bridgehead atoms. The SMILES string of the molecule is Cc1oc2cc(OC(=O)C(NC(=O)OCc3ccccc3)C(C)C)ccc2c(=O)c1Oc1ccccc1. The Morgan fingerprint density at radius 3 is 2.27 bits per heavy atom. The molecule has 1 unspecified atom stereocenters. The first kappa shape index (κ1) is 25.5. The summed E-state index contributed by atoms with van der Waals surface area (Å²) >= 11 is 0. The monoisotopic (exact) mass is 501 g/mol. The van der Waals surface area contributed by atoms with E-state index in [0.717, 1.165) is 5.56 Å². The Bertz CT molecular complexity index is 1450. The van der Waals surface area contributed by atoms with E-state index >= 15 is 0 Å². The Morgan fingerprint density at radius 2 is 1.59 bits per heavy atom. The van der Waals surface area contributed by atoms with Crippen LogP contribution in [0.15, 0.2) is 88.1 Å². The number of carbonyl (C=O) groups excluding carboxylic acids is 2. The molecule has 8 nitrogen and oxygen atoms in total. The first-order valence-corrected chi connectivity index (χ1v) is 11.8. The van der Waals surface area contributed by atoms with E-state index in [1.807, 2.05) is 36.4 Å². The van der Waals surface area contributed by atoms with E-state index in [-0.39, 0.29) is 46.2 Å². The van der Waals surface area contributed by atoms with Gasteiger partial charge in [0.2, 0.25) is 11.2 Å². The summed E-state index contributed by atoms with van der Waals surface area (Å²) in [6.45, 7) is 5.25. The van der Waals surface area contributed by atoms with E-state index in [1.54, 1.807) is 45.0 Å². The van der Waals surface area contributed by atoms with E-state index in [0.29, 0.717) is 5.75 Å². The van der Waals surface area contributed by atoms with Crippen LogP contribution in [0.2, 0.25) is 0 Å². The van der Waals surface area contributed by atoms with Crippen molar-refractivity contribution in [2.24, 2.45) is 5.92 Å². The van der Waals surface area contributed by atoms with Crippen molar-refractivity contribution in [3.05, 3.63) is 100 Å². The lowest BCUT2D eigenvalue weighted by molar-refractivity contribution is -0.137. The summed E-state index contributed by atoms with van der Waals surface area (Å²) < 4.78 is 22.3. The fraction of sp³-hybridized carbons (Fsp3) is 0.207. The van der Waals surface area contributed by atoms with Crippen molar-refractivity contribution in [3.8, 4) is 17.2 Å². The number of hydrogen-bond acceptors (Lipinski definition) is 7. The summed E-state index contributed by atoms with van der Waals surface area (Å²) in [6.07, 6.45) is -0.731. The van der Waals surface area contributed by atoms with E-state index in [4.69, 9.17) is 18.6 Å². The number of benzene rings is 3. The van der Waals surface area contributed by atoms with Gasteiger partial charge in [0.25, 0.3) is 0 Å². The number of alkyl carbamates (subject to hydrolysis) is 1. The lowest BCUT2D eigenvalue weighted by Crippen LogP contribution is -2.46. The molecular formula is C29H27NO7. The molecule has 1 aromatic heterocycles. The topological polar surface area (TPSA) is 104 Å². The zero-order valence-corrected chi connectivity index (χ0v) is 20.7. The predicted octanol–water partition coefficient (Wildman–Crippen LogP) is 5.75. The van der Waals surface area contributed by atoms with Crippen molar-refractivity contribution < 1.29 is 28.2 Å². The second kappa shape index (κ2) is 11.4. The Kier molecular flexibility index (Phi) is 7.88. The first-order valence-electron chi connectivity index (χ1n) is 11.8. The molecule has 0 spiro atoms. The normalized spacial score (nSPS) is 11.7. The molecule has 3 aromatic carbocycles. The lowest BCUT2D eigenvalue weighted by atomic mass is 10.1. The minimum Gasteiger partial charge on any atom is -0.457 e. The van der Waals surface area contributed by atoms with E-state index in [2.05, 4.69) is 5.32 Å². The van der Waals surface area contributed by atoms with Crippen molar-refractivity contribution in [1.82, 2.24) is 5.32 Å². The molecule has 1 heterocycles. The number of nitrogens with one attached hydrogen (secondary N) is 1. The molecular weight excluding hydrogens is 474 g/mol. The van der Waals surface area contributed by atoms with Crippen LogP contribution >= 0.6 is 0 Å². The van der Waals surface area contributed by atoms with Crippen LogP contribution in [0, 0.1) is 12.8 Å². The molecule has 0 aliphatic heterocycles. The van der Waals surface area contributed by atoms with Crippen LogP contribution < -0.4 is 20.2 Å². The van der Waals surface area contributed by atoms with Gasteiger partial charge in [-0.05, 0) is 42.7 Å². The Balaban J connectivity index is 1.46. The van der Waals surface area contributed by atoms with Crippen molar-refractivity contribution in [3.63, 3.8) is 0 Å². The van der Waals surface area contributed by atoms with Gasteiger partial charge in [0.05, 0.1) is 5.39 Å². The summed E-state index contributed by atoms with van der Waals surface area (Å²) in [5.74, 6) is 0.109. The van der Waals surface area contributed by atoms with Crippen LogP contribution in [0.5, 0.6) is 17.2 Å². The summed E-state index contributed by atoms with van der Waals surface area (Å²) in [6, 6.07) is 21.6. The van der Waals surface area contributed by atoms with E-state index in [1.165, 1.54) is 18.2 Å². The van der Waals surface area contributed by atoms with E-state index in [9.17, 15) is 14.4 Å². The van der Waals surface area contributed by atoms with Crippen LogP contribution in [-0.4, -0.2) is 18.1 Å². The molecule has 1 N–H and O–H groups in total. The molecule has 0 saturated carbocycles. The molecule has 8 heteroatoms. The molecule has 0 saturated heterocycles. The van der Waals surface area contributed by atoms with Crippen molar-refractivity contribution in [2.45, 2.75) is 33.4 Å². The van der Waals surface area contributed by atoms with Gasteiger partial charge >= 0.3 is 12.1 Å². The molecule has 4 aromatic rings. The number of hydrogen-bond donors (Lipinski definition) is 1.